The van der Waals surface area contributed by atoms with Gasteiger partial charge in [-0.25, -0.2) is 5.09 Å². The van der Waals surface area contributed by atoms with E-state index in [2.05, 4.69) is 69.1 Å². The van der Waals surface area contributed by atoms with Gasteiger partial charge in [0.25, 0.3) is 0 Å². The third kappa shape index (κ3) is 6.51. The Hall–Kier alpha value is -0.196. The van der Waals surface area contributed by atoms with Crippen LogP contribution in [-0.2, 0) is 0 Å². The monoisotopic (exact) mass is 356 g/mol. The average Bonchev–Trinajstić information content (AvgIpc) is 2.23. The highest BCUT2D eigenvalue weighted by Crippen LogP contribution is 2.47. The van der Waals surface area contributed by atoms with Gasteiger partial charge in [0, 0.05) is 5.54 Å². The molecule has 126 valence electrons. The van der Waals surface area contributed by atoms with Gasteiger partial charge < -0.3 is 4.52 Å². The molecule has 0 aliphatic carbocycles. The van der Waals surface area contributed by atoms with Crippen LogP contribution in [0.2, 0.25) is 39.3 Å². The van der Waals surface area contributed by atoms with E-state index in [1.165, 1.54) is 0 Å². The van der Waals surface area contributed by atoms with E-state index in [0.717, 1.165) is 5.75 Å². The third-order valence-corrected chi connectivity index (χ3v) is 15.7. The number of hydrogen-bond acceptors (Lipinski definition) is 3. The first-order chi connectivity index (χ1) is 9.81. The van der Waals surface area contributed by atoms with Crippen molar-refractivity contribution >= 4 is 24.9 Å². The summed E-state index contributed by atoms with van der Waals surface area (Å²) >= 11 is 0. The number of nitrogens with zero attached hydrogens (tertiary/aromatic N) is 1. The van der Waals surface area contributed by atoms with Crippen LogP contribution in [0, 0.1) is 0 Å². The zero-order valence-corrected chi connectivity index (χ0v) is 18.6. The lowest BCUT2D eigenvalue weighted by Crippen LogP contribution is -2.58. The fourth-order valence-electron chi connectivity index (χ4n) is 2.53. The molecular weight excluding hydrogens is 323 g/mol. The smallest absolute Gasteiger partial charge is 0.231 e. The Morgan fingerprint density at radius 3 is 1.73 bits per heavy atom. The Balaban J connectivity index is 3.17. The number of rotatable bonds is 6. The Kier molecular flexibility index (Phi) is 6.44. The zero-order valence-electron chi connectivity index (χ0n) is 15.7. The van der Waals surface area contributed by atoms with Gasteiger partial charge in [0.05, 0.1) is 0 Å². The van der Waals surface area contributed by atoms with Gasteiger partial charge in [-0.3, -0.25) is 4.00 Å². The summed E-state index contributed by atoms with van der Waals surface area (Å²) in [5.74, 6) is 0.951. The standard InChI is InChI=1S/C16H33N2OPSi2/c1-16(2,3)17-20(19-15-13-11-10-12-14-15)18(21(4,5)6)22(7,8)9/h10-14,17H,1-9H3. The lowest BCUT2D eigenvalue weighted by molar-refractivity contribution is 0.478. The van der Waals surface area contributed by atoms with E-state index in [0.29, 0.717) is 0 Å². The molecule has 0 aliphatic heterocycles. The fraction of sp³-hybridized carbons (Fsp3) is 0.625. The summed E-state index contributed by atoms with van der Waals surface area (Å²) in [5, 5.41) is 3.76. The van der Waals surface area contributed by atoms with Gasteiger partial charge in [-0.2, -0.15) is 0 Å². The summed E-state index contributed by atoms with van der Waals surface area (Å²) in [6.07, 6.45) is 0. The second-order valence-corrected chi connectivity index (χ2v) is 20.8. The molecule has 6 heteroatoms. The molecule has 0 saturated carbocycles. The van der Waals surface area contributed by atoms with Gasteiger partial charge in [0.1, 0.15) is 22.2 Å². The van der Waals surface area contributed by atoms with Crippen LogP contribution in [0.5, 0.6) is 5.75 Å². The Morgan fingerprint density at radius 1 is 0.909 bits per heavy atom. The first-order valence-electron chi connectivity index (χ1n) is 7.92. The minimum absolute atomic E-state index is 0.0258. The van der Waals surface area contributed by atoms with Gasteiger partial charge in [0.15, 0.2) is 0 Å². The minimum atomic E-state index is -1.50. The van der Waals surface area contributed by atoms with E-state index < -0.39 is 24.9 Å². The van der Waals surface area contributed by atoms with Crippen molar-refractivity contribution in [3.63, 3.8) is 0 Å². The van der Waals surface area contributed by atoms with Crippen molar-refractivity contribution < 1.29 is 4.52 Å². The predicted molar refractivity (Wildman–Crippen MR) is 105 cm³/mol. The van der Waals surface area contributed by atoms with Crippen molar-refractivity contribution in [2.45, 2.75) is 65.6 Å². The fourth-order valence-corrected chi connectivity index (χ4v) is 16.6. The molecule has 22 heavy (non-hydrogen) atoms. The summed E-state index contributed by atoms with van der Waals surface area (Å²) in [4.78, 5) is 0. The normalized spacial score (nSPS) is 15.0. The van der Waals surface area contributed by atoms with Crippen molar-refractivity contribution in [1.82, 2.24) is 9.09 Å². The number of nitrogens with one attached hydrogen (secondary N) is 1. The molecule has 1 atom stereocenters. The number of hydrogen-bond donors (Lipinski definition) is 1. The van der Waals surface area contributed by atoms with E-state index in [9.17, 15) is 0 Å². The molecule has 0 spiro atoms. The third-order valence-electron chi connectivity index (χ3n) is 2.82. The first-order valence-corrected chi connectivity index (χ1v) is 16.0. The molecule has 0 aliphatic rings. The summed E-state index contributed by atoms with van der Waals surface area (Å²) < 4.78 is 9.18. The van der Waals surface area contributed by atoms with Crippen LogP contribution >= 0.6 is 8.45 Å². The van der Waals surface area contributed by atoms with Crippen molar-refractivity contribution in [2.24, 2.45) is 0 Å². The topological polar surface area (TPSA) is 24.5 Å². The van der Waals surface area contributed by atoms with Gasteiger partial charge in [-0.1, -0.05) is 57.5 Å². The highest BCUT2D eigenvalue weighted by Gasteiger charge is 2.42. The molecule has 0 amide bonds. The molecule has 0 heterocycles. The Labute approximate surface area is 140 Å². The zero-order chi connectivity index (χ0) is 17.2. The largest absolute Gasteiger partial charge is 0.446 e. The maximum atomic E-state index is 6.45. The van der Waals surface area contributed by atoms with E-state index in [-0.39, 0.29) is 5.54 Å². The lowest BCUT2D eigenvalue weighted by Gasteiger charge is -2.48. The quantitative estimate of drug-likeness (QED) is 0.526. The molecule has 1 N–H and O–H groups in total. The Bertz CT molecular complexity index is 450. The molecule has 0 aromatic heterocycles. The molecular formula is C16H33N2OPSi2. The van der Waals surface area contributed by atoms with Gasteiger partial charge in [-0.05, 0) is 32.9 Å². The SMILES string of the molecule is CC(C)(C)NP(Oc1ccccc1)N([Si](C)(C)C)[Si](C)(C)C. The van der Waals surface area contributed by atoms with E-state index in [1.54, 1.807) is 0 Å². The summed E-state index contributed by atoms with van der Waals surface area (Å²) in [6.45, 7) is 21.1. The van der Waals surface area contributed by atoms with Crippen LogP contribution in [0.4, 0.5) is 0 Å². The summed E-state index contributed by atoms with van der Waals surface area (Å²) in [7, 11) is -3.86. The lowest BCUT2D eigenvalue weighted by atomic mass is 10.1. The van der Waals surface area contributed by atoms with Crippen LogP contribution < -0.4 is 9.61 Å². The van der Waals surface area contributed by atoms with Crippen LogP contribution in [0.1, 0.15) is 20.8 Å². The maximum Gasteiger partial charge on any atom is 0.231 e. The molecule has 1 rings (SSSR count). The van der Waals surface area contributed by atoms with E-state index >= 15 is 0 Å². The number of para-hydroxylation sites is 1. The first kappa shape index (κ1) is 19.8. The second-order valence-electron chi connectivity index (χ2n) is 8.69. The molecule has 0 radical (unpaired) electrons. The van der Waals surface area contributed by atoms with Crippen LogP contribution in [0.15, 0.2) is 30.3 Å². The van der Waals surface area contributed by atoms with Crippen LogP contribution in [0.25, 0.3) is 0 Å². The van der Waals surface area contributed by atoms with Crippen molar-refractivity contribution in [3.05, 3.63) is 30.3 Å². The van der Waals surface area contributed by atoms with Gasteiger partial charge in [0.2, 0.25) is 8.45 Å². The minimum Gasteiger partial charge on any atom is -0.446 e. The maximum absolute atomic E-state index is 6.45. The molecule has 3 nitrogen and oxygen atoms in total. The van der Waals surface area contributed by atoms with Crippen LogP contribution in [0.3, 0.4) is 0 Å². The molecule has 0 fully saturated rings. The molecule has 1 aromatic rings. The van der Waals surface area contributed by atoms with Gasteiger partial charge in [-0.15, -0.1) is 0 Å². The molecule has 1 unspecified atom stereocenters. The van der Waals surface area contributed by atoms with E-state index in [4.69, 9.17) is 4.52 Å². The summed E-state index contributed by atoms with van der Waals surface area (Å²) in [6, 6.07) is 10.2. The Morgan fingerprint density at radius 2 is 1.36 bits per heavy atom. The van der Waals surface area contributed by atoms with Gasteiger partial charge >= 0.3 is 0 Å². The van der Waals surface area contributed by atoms with Crippen molar-refractivity contribution in [1.29, 1.82) is 0 Å². The molecule has 0 saturated heterocycles. The average molecular weight is 357 g/mol. The summed E-state index contributed by atoms with van der Waals surface area (Å²) in [5.41, 5.74) is 0.0258. The van der Waals surface area contributed by atoms with Crippen molar-refractivity contribution in [3.8, 4) is 5.75 Å². The predicted octanol–water partition coefficient (Wildman–Crippen LogP) is 5.65. The van der Waals surface area contributed by atoms with E-state index in [1.807, 2.05) is 30.3 Å². The molecule has 0 bridgehead atoms. The highest BCUT2D eigenvalue weighted by molar-refractivity contribution is 7.54. The van der Waals surface area contributed by atoms with Crippen LogP contribution in [-0.4, -0.2) is 26.0 Å². The molecule has 1 aromatic carbocycles. The number of benzene rings is 1. The second kappa shape index (κ2) is 7.14. The highest BCUT2D eigenvalue weighted by atomic mass is 31.2. The van der Waals surface area contributed by atoms with Crippen molar-refractivity contribution in [2.75, 3.05) is 0 Å².